The molecule has 0 unspecified atom stereocenters. The molecule has 4 nitrogen and oxygen atoms in total. The third kappa shape index (κ3) is 3.40. The molecule has 0 radical (unpaired) electrons. The van der Waals surface area contributed by atoms with E-state index in [0.29, 0.717) is 16.4 Å². The van der Waals surface area contributed by atoms with Gasteiger partial charge in [0.2, 0.25) is 0 Å². The maximum absolute atomic E-state index is 14.2. The third-order valence-electron chi connectivity index (χ3n) is 3.86. The van der Waals surface area contributed by atoms with Gasteiger partial charge in [0.05, 0.1) is 11.3 Å². The van der Waals surface area contributed by atoms with Crippen molar-refractivity contribution in [3.05, 3.63) is 52.8 Å². The Bertz CT molecular complexity index is 745. The van der Waals surface area contributed by atoms with Gasteiger partial charge in [-0.2, -0.15) is 0 Å². The molecule has 1 aliphatic rings. The van der Waals surface area contributed by atoms with Crippen LogP contribution in [0, 0.1) is 5.82 Å². The second-order valence-electron chi connectivity index (χ2n) is 5.48. The number of halogens is 2. The minimum Gasteiger partial charge on any atom is -0.507 e. The molecule has 23 heavy (non-hydrogen) atoms. The molecule has 2 aromatic rings. The highest BCUT2D eigenvalue weighted by atomic mass is 35.5. The Labute approximate surface area is 138 Å². The lowest BCUT2D eigenvalue weighted by Gasteiger charge is -2.19. The molecule has 1 amide bonds. The topological polar surface area (TPSA) is 52.6 Å². The lowest BCUT2D eigenvalue weighted by molar-refractivity contribution is 0.102. The Morgan fingerprint density at radius 2 is 1.91 bits per heavy atom. The smallest absolute Gasteiger partial charge is 0.259 e. The normalized spacial score (nSPS) is 14.1. The molecule has 1 heterocycles. The summed E-state index contributed by atoms with van der Waals surface area (Å²) in [5, 5.41) is 12.6. The predicted octanol–water partition coefficient (Wildman–Crippen LogP) is 4.04. The average Bonchev–Trinajstić information content (AvgIpc) is 3.04. The van der Waals surface area contributed by atoms with E-state index in [0.717, 1.165) is 25.9 Å². The van der Waals surface area contributed by atoms with Crippen molar-refractivity contribution in [2.75, 3.05) is 23.3 Å². The van der Waals surface area contributed by atoms with Crippen LogP contribution in [0.1, 0.15) is 23.2 Å². The number of carbonyl (C=O) groups is 1. The van der Waals surface area contributed by atoms with Gasteiger partial charge in [0.25, 0.3) is 5.91 Å². The van der Waals surface area contributed by atoms with Crippen molar-refractivity contribution in [3.8, 4) is 5.75 Å². The first-order valence-electron chi connectivity index (χ1n) is 7.39. The van der Waals surface area contributed by atoms with Crippen LogP contribution in [0.3, 0.4) is 0 Å². The van der Waals surface area contributed by atoms with Crippen LogP contribution in [-0.4, -0.2) is 24.1 Å². The number of carbonyl (C=O) groups excluding carboxylic acids is 1. The van der Waals surface area contributed by atoms with E-state index in [2.05, 4.69) is 5.32 Å². The number of nitrogens with one attached hydrogen (secondary N) is 1. The highest BCUT2D eigenvalue weighted by Gasteiger charge is 2.17. The van der Waals surface area contributed by atoms with E-state index in [4.69, 9.17) is 11.6 Å². The number of hydrogen-bond acceptors (Lipinski definition) is 3. The van der Waals surface area contributed by atoms with Gasteiger partial charge in [-0.05, 0) is 49.2 Å². The summed E-state index contributed by atoms with van der Waals surface area (Å²) in [5.74, 6) is -1.10. The standard InChI is InChI=1S/C17H16ClFN2O2/c18-11-3-6-16(22)13(9-11)17(23)20-12-4-5-15(14(19)10-12)21-7-1-2-8-21/h3-6,9-10,22H,1-2,7-8H2,(H,20,23). The zero-order chi connectivity index (χ0) is 16.4. The first kappa shape index (κ1) is 15.6. The summed E-state index contributed by atoms with van der Waals surface area (Å²) in [6, 6.07) is 8.78. The highest BCUT2D eigenvalue weighted by molar-refractivity contribution is 6.31. The van der Waals surface area contributed by atoms with Gasteiger partial charge >= 0.3 is 0 Å². The molecule has 1 saturated heterocycles. The van der Waals surface area contributed by atoms with Gasteiger partial charge in [-0.15, -0.1) is 0 Å². The number of phenolic OH excluding ortho intramolecular Hbond substituents is 1. The van der Waals surface area contributed by atoms with E-state index >= 15 is 0 Å². The SMILES string of the molecule is O=C(Nc1ccc(N2CCCC2)c(F)c1)c1cc(Cl)ccc1O. The number of hydrogen-bond donors (Lipinski definition) is 2. The van der Waals surface area contributed by atoms with E-state index in [1.165, 1.54) is 24.3 Å². The molecule has 0 spiro atoms. The summed E-state index contributed by atoms with van der Waals surface area (Å²) in [4.78, 5) is 14.2. The number of rotatable bonds is 3. The van der Waals surface area contributed by atoms with E-state index < -0.39 is 5.91 Å². The molecular formula is C17H16ClFN2O2. The van der Waals surface area contributed by atoms with Gasteiger partial charge in [-0.1, -0.05) is 11.6 Å². The number of phenols is 1. The van der Waals surface area contributed by atoms with E-state index in [-0.39, 0.29) is 17.1 Å². The van der Waals surface area contributed by atoms with Gasteiger partial charge < -0.3 is 15.3 Å². The second kappa shape index (κ2) is 6.46. The lowest BCUT2D eigenvalue weighted by atomic mass is 10.1. The van der Waals surface area contributed by atoms with E-state index in [9.17, 15) is 14.3 Å². The maximum Gasteiger partial charge on any atom is 0.259 e. The Morgan fingerprint density at radius 3 is 2.61 bits per heavy atom. The van der Waals surface area contributed by atoms with E-state index in [1.807, 2.05) is 4.90 Å². The van der Waals surface area contributed by atoms with Crippen LogP contribution < -0.4 is 10.2 Å². The maximum atomic E-state index is 14.2. The van der Waals surface area contributed by atoms with Gasteiger partial charge in [0.15, 0.2) is 0 Å². The molecule has 120 valence electrons. The molecule has 1 fully saturated rings. The summed E-state index contributed by atoms with van der Waals surface area (Å²) in [6.07, 6.45) is 2.12. The zero-order valence-electron chi connectivity index (χ0n) is 12.4. The molecule has 0 atom stereocenters. The summed E-state index contributed by atoms with van der Waals surface area (Å²) in [6.45, 7) is 1.69. The number of aromatic hydroxyl groups is 1. The Morgan fingerprint density at radius 1 is 1.17 bits per heavy atom. The Balaban J connectivity index is 1.78. The van der Waals surface area contributed by atoms with E-state index in [1.54, 1.807) is 12.1 Å². The summed E-state index contributed by atoms with van der Waals surface area (Å²) >= 11 is 5.83. The first-order valence-corrected chi connectivity index (χ1v) is 7.77. The van der Waals surface area contributed by atoms with Crippen molar-refractivity contribution >= 4 is 28.9 Å². The van der Waals surface area contributed by atoms with Crippen molar-refractivity contribution < 1.29 is 14.3 Å². The van der Waals surface area contributed by atoms with Gasteiger partial charge in [0.1, 0.15) is 11.6 Å². The monoisotopic (exact) mass is 334 g/mol. The molecule has 3 rings (SSSR count). The van der Waals surface area contributed by atoms with Crippen molar-refractivity contribution in [2.45, 2.75) is 12.8 Å². The van der Waals surface area contributed by atoms with Crippen LogP contribution in [0.5, 0.6) is 5.75 Å². The van der Waals surface area contributed by atoms with Crippen LogP contribution >= 0.6 is 11.6 Å². The van der Waals surface area contributed by atoms with Crippen LogP contribution in [0.25, 0.3) is 0 Å². The molecule has 0 aromatic heterocycles. The minimum absolute atomic E-state index is 0.0431. The fourth-order valence-corrected chi connectivity index (χ4v) is 2.86. The lowest BCUT2D eigenvalue weighted by Crippen LogP contribution is -2.19. The van der Waals surface area contributed by atoms with Crippen LogP contribution in [0.4, 0.5) is 15.8 Å². The fourth-order valence-electron chi connectivity index (χ4n) is 2.69. The highest BCUT2D eigenvalue weighted by Crippen LogP contribution is 2.27. The molecule has 2 aromatic carbocycles. The minimum atomic E-state index is -0.543. The Hall–Kier alpha value is -2.27. The third-order valence-corrected chi connectivity index (χ3v) is 4.09. The number of nitrogens with zero attached hydrogens (tertiary/aromatic N) is 1. The second-order valence-corrected chi connectivity index (χ2v) is 5.91. The predicted molar refractivity (Wildman–Crippen MR) is 88.9 cm³/mol. The van der Waals surface area contributed by atoms with Gasteiger partial charge in [-0.25, -0.2) is 4.39 Å². The molecule has 0 aliphatic carbocycles. The molecule has 0 bridgehead atoms. The van der Waals surface area contributed by atoms with Gasteiger partial charge in [0, 0.05) is 23.8 Å². The summed E-state index contributed by atoms with van der Waals surface area (Å²) < 4.78 is 14.2. The molecule has 0 saturated carbocycles. The molecule has 2 N–H and O–H groups in total. The molecule has 6 heteroatoms. The summed E-state index contributed by atoms with van der Waals surface area (Å²) in [7, 11) is 0. The fraction of sp³-hybridized carbons (Fsp3) is 0.235. The van der Waals surface area contributed by atoms with Crippen molar-refractivity contribution in [1.82, 2.24) is 0 Å². The van der Waals surface area contributed by atoms with Crippen molar-refractivity contribution in [1.29, 1.82) is 0 Å². The van der Waals surface area contributed by atoms with Crippen molar-refractivity contribution in [3.63, 3.8) is 0 Å². The molecule has 1 aliphatic heterocycles. The first-order chi connectivity index (χ1) is 11.0. The number of anilines is 2. The van der Waals surface area contributed by atoms with Gasteiger partial charge in [-0.3, -0.25) is 4.79 Å². The van der Waals surface area contributed by atoms with Crippen LogP contribution in [0.15, 0.2) is 36.4 Å². The van der Waals surface area contributed by atoms with Crippen molar-refractivity contribution in [2.24, 2.45) is 0 Å². The summed E-state index contributed by atoms with van der Waals surface area (Å²) in [5.41, 5.74) is 0.919. The Kier molecular flexibility index (Phi) is 4.39. The average molecular weight is 335 g/mol. The molecular weight excluding hydrogens is 319 g/mol. The largest absolute Gasteiger partial charge is 0.507 e. The quantitative estimate of drug-likeness (QED) is 0.890. The van der Waals surface area contributed by atoms with Crippen LogP contribution in [-0.2, 0) is 0 Å². The number of amides is 1. The number of benzene rings is 2. The van der Waals surface area contributed by atoms with Crippen LogP contribution in [0.2, 0.25) is 5.02 Å². The zero-order valence-corrected chi connectivity index (χ0v) is 13.1.